The number of aromatic nitrogens is 2. The number of amides is 1. The van der Waals surface area contributed by atoms with Crippen molar-refractivity contribution in [2.75, 3.05) is 11.1 Å². The van der Waals surface area contributed by atoms with Crippen LogP contribution in [0.5, 0.6) is 0 Å². The molecule has 0 radical (unpaired) electrons. The summed E-state index contributed by atoms with van der Waals surface area (Å²) in [6, 6.07) is 14.8. The van der Waals surface area contributed by atoms with Crippen LogP contribution in [0.4, 0.5) is 17.3 Å². The number of nitrogen functional groups attached to an aromatic ring is 1. The molecule has 0 spiro atoms. The van der Waals surface area contributed by atoms with Crippen LogP contribution in [0.15, 0.2) is 54.7 Å². The third-order valence-electron chi connectivity index (χ3n) is 4.20. The molecule has 3 aromatic rings. The molecule has 1 amide bonds. The molecule has 0 fully saturated rings. The number of carbonyl (C=O) groups excluding carboxylic acids is 1. The van der Waals surface area contributed by atoms with Gasteiger partial charge in [0, 0.05) is 34.2 Å². The normalized spacial score (nSPS) is 11.1. The molecule has 0 saturated heterocycles. The number of nitrogens with one attached hydrogen (secondary N) is 2. The highest BCUT2D eigenvalue weighted by atomic mass is 16.1. The Morgan fingerprint density at radius 3 is 2.43 bits per heavy atom. The smallest absolute Gasteiger partial charge is 0.251 e. The summed E-state index contributed by atoms with van der Waals surface area (Å²) >= 11 is 0. The highest BCUT2D eigenvalue weighted by Crippen LogP contribution is 2.26. The molecule has 6 nitrogen and oxygen atoms in total. The van der Waals surface area contributed by atoms with Crippen LogP contribution in [0, 0.1) is 6.92 Å². The van der Waals surface area contributed by atoms with Crippen molar-refractivity contribution >= 4 is 23.2 Å². The minimum atomic E-state index is -0.277. The van der Waals surface area contributed by atoms with Crippen molar-refractivity contribution < 1.29 is 4.79 Å². The van der Waals surface area contributed by atoms with Gasteiger partial charge in [0.1, 0.15) is 0 Å². The summed E-state index contributed by atoms with van der Waals surface area (Å²) < 4.78 is 0. The Hall–Kier alpha value is -3.41. The van der Waals surface area contributed by atoms with Gasteiger partial charge in [0.15, 0.2) is 0 Å². The van der Waals surface area contributed by atoms with E-state index in [0.29, 0.717) is 11.5 Å². The summed E-state index contributed by atoms with van der Waals surface area (Å²) in [5.41, 5.74) is 10.6. The van der Waals surface area contributed by atoms with Crippen LogP contribution in [0.1, 0.15) is 36.7 Å². The number of nitrogens with two attached hydrogens (primary N) is 1. The summed E-state index contributed by atoms with van der Waals surface area (Å²) in [5, 5.41) is 6.12. The lowest BCUT2D eigenvalue weighted by molar-refractivity contribution is 0.0919. The highest BCUT2D eigenvalue weighted by Gasteiger charge is 2.15. The molecule has 0 bridgehead atoms. The van der Waals surface area contributed by atoms with Crippen LogP contribution in [0.2, 0.25) is 0 Å². The zero-order valence-electron chi connectivity index (χ0n) is 16.6. The average molecular weight is 375 g/mol. The van der Waals surface area contributed by atoms with E-state index in [1.54, 1.807) is 18.3 Å². The summed E-state index contributed by atoms with van der Waals surface area (Å²) in [5.74, 6) is 0.376. The van der Waals surface area contributed by atoms with E-state index in [1.807, 2.05) is 64.1 Å². The number of anilines is 3. The van der Waals surface area contributed by atoms with Crippen LogP contribution in [0.3, 0.4) is 0 Å². The average Bonchev–Trinajstić information content (AvgIpc) is 2.63. The monoisotopic (exact) mass is 375 g/mol. The summed E-state index contributed by atoms with van der Waals surface area (Å²) in [6.07, 6.45) is 1.71. The third kappa shape index (κ3) is 4.65. The van der Waals surface area contributed by atoms with Gasteiger partial charge >= 0.3 is 0 Å². The number of benzene rings is 2. The minimum Gasteiger partial charge on any atom is -0.398 e. The lowest BCUT2D eigenvalue weighted by atomic mass is 10.0. The molecule has 144 valence electrons. The fourth-order valence-electron chi connectivity index (χ4n) is 2.75. The molecule has 1 heterocycles. The maximum Gasteiger partial charge on any atom is 0.251 e. The van der Waals surface area contributed by atoms with Crippen molar-refractivity contribution in [3.8, 4) is 11.3 Å². The molecule has 28 heavy (non-hydrogen) atoms. The SMILES string of the molecule is Cc1c(N)cccc1-c1ccnc(Nc2ccc(C(=O)NC(C)(C)C)cc2)n1. The number of hydrogen-bond acceptors (Lipinski definition) is 5. The van der Waals surface area contributed by atoms with E-state index in [2.05, 4.69) is 20.6 Å². The quantitative estimate of drug-likeness (QED) is 0.591. The molecular formula is C22H25N5O. The van der Waals surface area contributed by atoms with Crippen LogP contribution in [-0.4, -0.2) is 21.4 Å². The Morgan fingerprint density at radius 2 is 1.75 bits per heavy atom. The maximum absolute atomic E-state index is 12.2. The first-order valence-electron chi connectivity index (χ1n) is 9.11. The van der Waals surface area contributed by atoms with Crippen LogP contribution >= 0.6 is 0 Å². The van der Waals surface area contributed by atoms with E-state index in [1.165, 1.54) is 0 Å². The summed E-state index contributed by atoms with van der Waals surface area (Å²) in [7, 11) is 0. The van der Waals surface area contributed by atoms with E-state index in [0.717, 1.165) is 28.2 Å². The van der Waals surface area contributed by atoms with Gasteiger partial charge in [-0.1, -0.05) is 12.1 Å². The first-order valence-corrected chi connectivity index (χ1v) is 9.11. The van der Waals surface area contributed by atoms with Gasteiger partial charge in [0.25, 0.3) is 5.91 Å². The lowest BCUT2D eigenvalue weighted by Gasteiger charge is -2.20. The molecular weight excluding hydrogens is 350 g/mol. The Kier molecular flexibility index (Phi) is 5.31. The number of rotatable bonds is 4. The molecule has 6 heteroatoms. The molecule has 2 aromatic carbocycles. The van der Waals surface area contributed by atoms with Gasteiger partial charge in [-0.3, -0.25) is 4.79 Å². The van der Waals surface area contributed by atoms with Gasteiger partial charge in [-0.25, -0.2) is 9.97 Å². The number of nitrogens with zero attached hydrogens (tertiary/aromatic N) is 2. The Balaban J connectivity index is 1.78. The van der Waals surface area contributed by atoms with E-state index >= 15 is 0 Å². The minimum absolute atomic E-state index is 0.102. The van der Waals surface area contributed by atoms with Gasteiger partial charge in [0.05, 0.1) is 5.69 Å². The van der Waals surface area contributed by atoms with Gasteiger partial charge in [-0.2, -0.15) is 0 Å². The molecule has 0 saturated carbocycles. The third-order valence-corrected chi connectivity index (χ3v) is 4.20. The second-order valence-corrected chi connectivity index (χ2v) is 7.69. The van der Waals surface area contributed by atoms with Crippen molar-refractivity contribution in [3.05, 3.63) is 65.9 Å². The maximum atomic E-state index is 12.2. The Morgan fingerprint density at radius 1 is 1.04 bits per heavy atom. The number of carbonyl (C=O) groups is 1. The fraction of sp³-hybridized carbons (Fsp3) is 0.227. The lowest BCUT2D eigenvalue weighted by Crippen LogP contribution is -2.40. The van der Waals surface area contributed by atoms with E-state index < -0.39 is 0 Å². The molecule has 3 rings (SSSR count). The Bertz CT molecular complexity index is 991. The van der Waals surface area contributed by atoms with E-state index in [-0.39, 0.29) is 11.4 Å². The zero-order valence-corrected chi connectivity index (χ0v) is 16.6. The second kappa shape index (κ2) is 7.68. The molecule has 1 aromatic heterocycles. The molecule has 0 aliphatic heterocycles. The first kappa shape index (κ1) is 19.4. The zero-order chi connectivity index (χ0) is 20.3. The van der Waals surface area contributed by atoms with E-state index in [9.17, 15) is 4.79 Å². The number of hydrogen-bond donors (Lipinski definition) is 3. The Labute approximate surface area is 165 Å². The summed E-state index contributed by atoms with van der Waals surface area (Å²) in [6.45, 7) is 7.83. The first-order chi connectivity index (χ1) is 13.2. The molecule has 0 aliphatic carbocycles. The van der Waals surface area contributed by atoms with Gasteiger partial charge in [-0.15, -0.1) is 0 Å². The van der Waals surface area contributed by atoms with Crippen LogP contribution in [-0.2, 0) is 0 Å². The largest absolute Gasteiger partial charge is 0.398 e. The highest BCUT2D eigenvalue weighted by molar-refractivity contribution is 5.95. The van der Waals surface area contributed by atoms with Gasteiger partial charge in [0.2, 0.25) is 5.95 Å². The van der Waals surface area contributed by atoms with Crippen molar-refractivity contribution in [3.63, 3.8) is 0 Å². The van der Waals surface area contributed by atoms with Crippen molar-refractivity contribution in [2.24, 2.45) is 0 Å². The van der Waals surface area contributed by atoms with Crippen molar-refractivity contribution in [1.82, 2.24) is 15.3 Å². The molecule has 0 aliphatic rings. The van der Waals surface area contributed by atoms with Crippen LogP contribution in [0.25, 0.3) is 11.3 Å². The van der Waals surface area contributed by atoms with Crippen LogP contribution < -0.4 is 16.4 Å². The second-order valence-electron chi connectivity index (χ2n) is 7.69. The van der Waals surface area contributed by atoms with Crippen molar-refractivity contribution in [1.29, 1.82) is 0 Å². The topological polar surface area (TPSA) is 92.9 Å². The molecule has 0 atom stereocenters. The summed E-state index contributed by atoms with van der Waals surface area (Å²) in [4.78, 5) is 21.1. The van der Waals surface area contributed by atoms with Gasteiger partial charge in [-0.05, 0) is 69.7 Å². The molecule has 0 unspecified atom stereocenters. The van der Waals surface area contributed by atoms with E-state index in [4.69, 9.17) is 5.73 Å². The predicted octanol–water partition coefficient (Wildman–Crippen LogP) is 4.31. The molecule has 4 N–H and O–H groups in total. The fourth-order valence-corrected chi connectivity index (χ4v) is 2.75. The van der Waals surface area contributed by atoms with Crippen molar-refractivity contribution in [2.45, 2.75) is 33.2 Å². The standard InChI is InChI=1S/C22H25N5O/c1-14-17(6-5-7-18(14)23)19-12-13-24-21(26-19)25-16-10-8-15(9-11-16)20(28)27-22(2,3)4/h5-13H,23H2,1-4H3,(H,27,28)(H,24,25,26). The van der Waals surface area contributed by atoms with Gasteiger partial charge < -0.3 is 16.4 Å². The predicted molar refractivity (Wildman–Crippen MR) is 114 cm³/mol.